The van der Waals surface area contributed by atoms with E-state index in [4.69, 9.17) is 4.74 Å². The van der Waals surface area contributed by atoms with Crippen LogP contribution in [0.2, 0.25) is 0 Å². The Balaban J connectivity index is 1.93. The molecule has 3 heteroatoms. The van der Waals surface area contributed by atoms with E-state index in [0.717, 1.165) is 38.0 Å². The van der Waals surface area contributed by atoms with Gasteiger partial charge in [0.05, 0.1) is 13.2 Å². The molecule has 0 bridgehead atoms. The van der Waals surface area contributed by atoms with E-state index < -0.39 is 0 Å². The van der Waals surface area contributed by atoms with Crippen LogP contribution in [-0.2, 0) is 6.54 Å². The van der Waals surface area contributed by atoms with Crippen molar-refractivity contribution in [3.8, 4) is 5.75 Å². The zero-order valence-corrected chi connectivity index (χ0v) is 12.2. The number of ether oxygens (including phenoxy) is 1. The summed E-state index contributed by atoms with van der Waals surface area (Å²) in [6.07, 6.45) is 3.94. The topological polar surface area (TPSA) is 41.5 Å². The van der Waals surface area contributed by atoms with E-state index in [9.17, 15) is 5.11 Å². The average Bonchev–Trinajstić information content (AvgIpc) is 2.38. The van der Waals surface area contributed by atoms with E-state index in [1.165, 1.54) is 16.7 Å². The smallest absolute Gasteiger partial charge is 0.124 e. The molecule has 2 N–H and O–H groups in total. The Morgan fingerprint density at radius 3 is 2.26 bits per heavy atom. The molecular formula is C16H25NO2. The fraction of sp³-hybridized carbons (Fsp3) is 0.625. The average molecular weight is 263 g/mol. The Morgan fingerprint density at radius 1 is 1.16 bits per heavy atom. The maximum absolute atomic E-state index is 9.50. The van der Waals surface area contributed by atoms with E-state index in [2.05, 4.69) is 31.3 Å². The van der Waals surface area contributed by atoms with Crippen LogP contribution in [0.1, 0.15) is 42.4 Å². The van der Waals surface area contributed by atoms with Crippen LogP contribution in [0.4, 0.5) is 0 Å². The van der Waals surface area contributed by atoms with Gasteiger partial charge in [-0.15, -0.1) is 0 Å². The minimum atomic E-state index is -0.0801. The third kappa shape index (κ3) is 3.71. The highest BCUT2D eigenvalue weighted by molar-refractivity contribution is 5.43. The van der Waals surface area contributed by atoms with Crippen molar-refractivity contribution in [2.24, 2.45) is 0 Å². The number of aliphatic hydroxyl groups is 1. The Kier molecular flexibility index (Phi) is 4.83. The largest absolute Gasteiger partial charge is 0.496 e. The lowest BCUT2D eigenvalue weighted by atomic mass is 9.93. The molecule has 106 valence electrons. The number of rotatable bonds is 4. The molecule has 1 aromatic rings. The van der Waals surface area contributed by atoms with Gasteiger partial charge in [0.2, 0.25) is 0 Å². The van der Waals surface area contributed by atoms with Crippen molar-refractivity contribution in [3.05, 3.63) is 28.8 Å². The van der Waals surface area contributed by atoms with Crippen molar-refractivity contribution in [2.45, 2.75) is 58.2 Å². The lowest BCUT2D eigenvalue weighted by Crippen LogP contribution is -2.34. The monoisotopic (exact) mass is 263 g/mol. The normalized spacial score (nSPS) is 23.4. The number of methoxy groups -OCH3 is 1. The number of benzene rings is 1. The summed E-state index contributed by atoms with van der Waals surface area (Å²) in [5.41, 5.74) is 3.69. The standard InChI is InChI=1S/C16H25NO2/c1-11-8-13(9-12(2)16(11)19-3)10-17-14-4-6-15(18)7-5-14/h8-9,14-15,17-18H,4-7,10H2,1-3H3. The highest BCUT2D eigenvalue weighted by Crippen LogP contribution is 2.25. The van der Waals surface area contributed by atoms with Gasteiger partial charge in [0.1, 0.15) is 5.75 Å². The Hall–Kier alpha value is -1.06. The minimum absolute atomic E-state index is 0.0801. The van der Waals surface area contributed by atoms with Gasteiger partial charge >= 0.3 is 0 Å². The Bertz CT molecular complexity index is 400. The van der Waals surface area contributed by atoms with Crippen molar-refractivity contribution >= 4 is 0 Å². The molecule has 19 heavy (non-hydrogen) atoms. The van der Waals surface area contributed by atoms with Crippen molar-refractivity contribution in [1.82, 2.24) is 5.32 Å². The van der Waals surface area contributed by atoms with Crippen molar-refractivity contribution in [2.75, 3.05) is 7.11 Å². The second-order valence-corrected chi connectivity index (χ2v) is 5.65. The molecule has 1 aliphatic carbocycles. The van der Waals surface area contributed by atoms with Gasteiger partial charge in [-0.1, -0.05) is 12.1 Å². The van der Waals surface area contributed by atoms with Gasteiger partial charge in [-0.3, -0.25) is 0 Å². The fourth-order valence-corrected chi connectivity index (χ4v) is 3.01. The summed E-state index contributed by atoms with van der Waals surface area (Å²) in [5, 5.41) is 13.1. The van der Waals surface area contributed by atoms with Crippen LogP contribution in [0.5, 0.6) is 5.75 Å². The summed E-state index contributed by atoms with van der Waals surface area (Å²) in [6, 6.07) is 4.93. The number of hydrogen-bond acceptors (Lipinski definition) is 3. The molecular weight excluding hydrogens is 238 g/mol. The molecule has 0 heterocycles. The lowest BCUT2D eigenvalue weighted by Gasteiger charge is -2.26. The van der Waals surface area contributed by atoms with Crippen LogP contribution < -0.4 is 10.1 Å². The van der Waals surface area contributed by atoms with Crippen LogP contribution in [0, 0.1) is 13.8 Å². The van der Waals surface area contributed by atoms with E-state index >= 15 is 0 Å². The van der Waals surface area contributed by atoms with E-state index in [1.807, 2.05) is 0 Å². The molecule has 1 aliphatic rings. The molecule has 2 rings (SSSR count). The molecule has 1 saturated carbocycles. The van der Waals surface area contributed by atoms with Crippen LogP contribution in [0.15, 0.2) is 12.1 Å². The molecule has 0 radical (unpaired) electrons. The number of hydrogen-bond donors (Lipinski definition) is 2. The molecule has 0 aliphatic heterocycles. The summed E-state index contributed by atoms with van der Waals surface area (Å²) in [5.74, 6) is 0.990. The zero-order chi connectivity index (χ0) is 13.8. The van der Waals surface area contributed by atoms with Gasteiger partial charge in [-0.2, -0.15) is 0 Å². The SMILES string of the molecule is COc1c(C)cc(CNC2CCC(O)CC2)cc1C. The molecule has 0 saturated heterocycles. The molecule has 0 spiro atoms. The first kappa shape index (κ1) is 14.4. The number of aliphatic hydroxyl groups excluding tert-OH is 1. The molecule has 3 nitrogen and oxygen atoms in total. The van der Waals surface area contributed by atoms with Crippen LogP contribution in [-0.4, -0.2) is 24.4 Å². The zero-order valence-electron chi connectivity index (χ0n) is 12.2. The molecule has 1 aromatic carbocycles. The maximum Gasteiger partial charge on any atom is 0.124 e. The Labute approximate surface area is 116 Å². The van der Waals surface area contributed by atoms with Gasteiger partial charge < -0.3 is 15.2 Å². The molecule has 0 aromatic heterocycles. The highest BCUT2D eigenvalue weighted by Gasteiger charge is 2.18. The predicted octanol–water partition coefficient (Wildman–Crippen LogP) is 2.71. The summed E-state index contributed by atoms with van der Waals surface area (Å²) < 4.78 is 5.39. The number of nitrogens with one attached hydrogen (secondary N) is 1. The third-order valence-corrected chi connectivity index (χ3v) is 4.02. The van der Waals surface area contributed by atoms with Crippen LogP contribution in [0.25, 0.3) is 0 Å². The highest BCUT2D eigenvalue weighted by atomic mass is 16.5. The minimum Gasteiger partial charge on any atom is -0.496 e. The first-order valence-corrected chi connectivity index (χ1v) is 7.15. The van der Waals surface area contributed by atoms with Crippen molar-refractivity contribution in [3.63, 3.8) is 0 Å². The second kappa shape index (κ2) is 6.40. The molecule has 0 unspecified atom stereocenters. The second-order valence-electron chi connectivity index (χ2n) is 5.65. The first-order valence-electron chi connectivity index (χ1n) is 7.15. The third-order valence-electron chi connectivity index (χ3n) is 4.02. The van der Waals surface area contributed by atoms with Gasteiger partial charge in [-0.05, 0) is 56.2 Å². The van der Waals surface area contributed by atoms with E-state index in [0.29, 0.717) is 6.04 Å². The summed E-state index contributed by atoms with van der Waals surface area (Å²) >= 11 is 0. The summed E-state index contributed by atoms with van der Waals surface area (Å²) in [6.45, 7) is 5.07. The first-order chi connectivity index (χ1) is 9.10. The van der Waals surface area contributed by atoms with E-state index in [1.54, 1.807) is 7.11 Å². The molecule has 0 amide bonds. The fourth-order valence-electron chi connectivity index (χ4n) is 3.01. The van der Waals surface area contributed by atoms with Gasteiger partial charge in [0.15, 0.2) is 0 Å². The van der Waals surface area contributed by atoms with Gasteiger partial charge in [-0.25, -0.2) is 0 Å². The summed E-state index contributed by atoms with van der Waals surface area (Å²) in [7, 11) is 1.72. The van der Waals surface area contributed by atoms with Crippen LogP contribution in [0.3, 0.4) is 0 Å². The van der Waals surface area contributed by atoms with Gasteiger partial charge in [0.25, 0.3) is 0 Å². The predicted molar refractivity (Wildman–Crippen MR) is 77.6 cm³/mol. The summed E-state index contributed by atoms with van der Waals surface area (Å²) in [4.78, 5) is 0. The van der Waals surface area contributed by atoms with Crippen LogP contribution >= 0.6 is 0 Å². The van der Waals surface area contributed by atoms with Crippen molar-refractivity contribution < 1.29 is 9.84 Å². The lowest BCUT2D eigenvalue weighted by molar-refractivity contribution is 0.116. The quantitative estimate of drug-likeness (QED) is 0.877. The van der Waals surface area contributed by atoms with E-state index in [-0.39, 0.29) is 6.10 Å². The number of aryl methyl sites for hydroxylation is 2. The molecule has 1 fully saturated rings. The van der Waals surface area contributed by atoms with Crippen molar-refractivity contribution in [1.29, 1.82) is 0 Å². The Morgan fingerprint density at radius 2 is 1.74 bits per heavy atom. The van der Waals surface area contributed by atoms with Gasteiger partial charge in [0, 0.05) is 12.6 Å². The molecule has 0 atom stereocenters. The maximum atomic E-state index is 9.50.